The molecule has 0 spiro atoms. The van der Waals surface area contributed by atoms with Crippen molar-refractivity contribution >= 4 is 40.3 Å². The summed E-state index contributed by atoms with van der Waals surface area (Å²) in [7, 11) is 0. The molecule has 3 N–H and O–H groups in total. The number of halogens is 6. The molecule has 0 saturated carbocycles. The second-order valence-corrected chi connectivity index (χ2v) is 7.80. The minimum atomic E-state index is -5.08. The molecule has 2 aromatic carbocycles. The number of hydrogen-bond donors (Lipinski definition) is 3. The smallest absolute Gasteiger partial charge is 0.416 e. The number of thioether (sulfide) groups is 1. The van der Waals surface area contributed by atoms with E-state index in [1.165, 1.54) is 6.08 Å². The molecule has 0 radical (unpaired) electrons. The van der Waals surface area contributed by atoms with Crippen molar-refractivity contribution < 1.29 is 41.4 Å². The number of rotatable bonds is 2. The van der Waals surface area contributed by atoms with Crippen LogP contribution in [0.2, 0.25) is 0 Å². The Labute approximate surface area is 174 Å². The molecule has 1 aliphatic rings. The number of carbonyl (C=O) groups excluding carboxylic acids is 1. The summed E-state index contributed by atoms with van der Waals surface area (Å²) in [6.45, 7) is 0. The number of carbonyl (C=O) groups is 1. The monoisotopic (exact) mass is 465 g/mol. The van der Waals surface area contributed by atoms with E-state index in [1.807, 2.05) is 0 Å². The van der Waals surface area contributed by atoms with E-state index in [2.05, 4.69) is 5.32 Å². The van der Waals surface area contributed by atoms with Crippen molar-refractivity contribution in [3.05, 3.63) is 51.9 Å². The highest BCUT2D eigenvalue weighted by atomic mass is 32.2. The first-order valence-electron chi connectivity index (χ1n) is 7.86. The summed E-state index contributed by atoms with van der Waals surface area (Å²) in [5.74, 6) is -2.27. The lowest BCUT2D eigenvalue weighted by molar-refractivity contribution is -0.143. The van der Waals surface area contributed by atoms with Crippen molar-refractivity contribution in [2.45, 2.75) is 12.4 Å². The molecule has 0 atom stereocenters. The number of thiocarbonyl (C=S) groups is 1. The van der Waals surface area contributed by atoms with Crippen molar-refractivity contribution in [1.29, 1.82) is 0 Å². The van der Waals surface area contributed by atoms with Gasteiger partial charge in [0.15, 0.2) is 11.5 Å². The average molecular weight is 465 g/mol. The zero-order chi connectivity index (χ0) is 22.4. The van der Waals surface area contributed by atoms with Crippen molar-refractivity contribution in [2.24, 2.45) is 0 Å². The van der Waals surface area contributed by atoms with Crippen LogP contribution in [-0.4, -0.2) is 20.4 Å². The number of aromatic hydroxyl groups is 2. The largest absolute Gasteiger partial charge is 0.504 e. The van der Waals surface area contributed by atoms with Gasteiger partial charge >= 0.3 is 12.4 Å². The van der Waals surface area contributed by atoms with Crippen LogP contribution in [0.5, 0.6) is 11.5 Å². The first-order chi connectivity index (χ1) is 13.8. The first-order valence-corrected chi connectivity index (χ1v) is 9.09. The first kappa shape index (κ1) is 22.0. The minimum absolute atomic E-state index is 0.0489. The van der Waals surface area contributed by atoms with Crippen molar-refractivity contribution in [2.75, 3.05) is 0 Å². The third-order valence-electron chi connectivity index (χ3n) is 3.95. The topological polar surface area (TPSA) is 69.6 Å². The number of phenols is 2. The quantitative estimate of drug-likeness (QED) is 0.243. The van der Waals surface area contributed by atoms with Crippen LogP contribution in [0.25, 0.3) is 17.2 Å². The van der Waals surface area contributed by atoms with Crippen LogP contribution in [0.3, 0.4) is 0 Å². The van der Waals surface area contributed by atoms with Crippen molar-refractivity contribution in [1.82, 2.24) is 5.32 Å². The molecule has 0 aliphatic carbocycles. The van der Waals surface area contributed by atoms with Crippen LogP contribution in [-0.2, 0) is 17.1 Å². The van der Waals surface area contributed by atoms with Crippen LogP contribution in [0.1, 0.15) is 16.7 Å². The van der Waals surface area contributed by atoms with E-state index >= 15 is 0 Å². The van der Waals surface area contributed by atoms with Gasteiger partial charge in [0, 0.05) is 5.56 Å². The lowest BCUT2D eigenvalue weighted by Crippen LogP contribution is -2.17. The van der Waals surface area contributed by atoms with Gasteiger partial charge in [-0.25, -0.2) is 0 Å². The van der Waals surface area contributed by atoms with Crippen LogP contribution in [0, 0.1) is 0 Å². The fraction of sp³-hybridized carbons (Fsp3) is 0.111. The fourth-order valence-corrected chi connectivity index (χ4v) is 3.67. The Hall–Kier alpha value is -2.73. The van der Waals surface area contributed by atoms with Gasteiger partial charge in [0.05, 0.1) is 16.0 Å². The molecule has 158 valence electrons. The second kappa shape index (κ2) is 7.51. The summed E-state index contributed by atoms with van der Waals surface area (Å²) in [5.41, 5.74) is -4.21. The van der Waals surface area contributed by atoms with Gasteiger partial charge in [-0.3, -0.25) is 4.79 Å². The zero-order valence-electron chi connectivity index (χ0n) is 14.4. The Morgan fingerprint density at radius 2 is 1.50 bits per heavy atom. The molecule has 0 aromatic heterocycles. The molecule has 1 aliphatic heterocycles. The lowest BCUT2D eigenvalue weighted by atomic mass is 9.96. The standard InChI is InChI=1S/C18H9F6NO3S2/c19-17(20,21)9-4-8(5-10(6-9)18(22,23)24)11-1-7(2-12(26)14(11)27)3-13-15(28)25-16(29)30-13/h1-6,26-27H,(H,25,28,29)/b13-3-. The maximum absolute atomic E-state index is 13.1. The molecule has 1 heterocycles. The number of amides is 1. The van der Waals surface area contributed by atoms with E-state index < -0.39 is 52.0 Å². The predicted molar refractivity (Wildman–Crippen MR) is 102 cm³/mol. The average Bonchev–Trinajstić information content (AvgIpc) is 2.93. The molecule has 1 saturated heterocycles. The van der Waals surface area contributed by atoms with Gasteiger partial charge < -0.3 is 15.5 Å². The molecular formula is C18H9F6NO3S2. The summed E-state index contributed by atoms with van der Waals surface area (Å²) in [5, 5.41) is 22.3. The van der Waals surface area contributed by atoms with Crippen molar-refractivity contribution in [3.63, 3.8) is 0 Å². The number of hydrogen-bond acceptors (Lipinski definition) is 5. The SMILES string of the molecule is O=C1NC(=S)S/C1=C\c1cc(O)c(O)c(-c2cc(C(F)(F)F)cc(C(F)(F)F)c2)c1. The molecule has 1 amide bonds. The molecular weight excluding hydrogens is 456 g/mol. The van der Waals surface area contributed by atoms with Crippen LogP contribution in [0.15, 0.2) is 35.2 Å². The Bertz CT molecular complexity index is 1060. The molecule has 0 bridgehead atoms. The Kier molecular flexibility index (Phi) is 5.50. The van der Waals surface area contributed by atoms with Gasteiger partial charge in [-0.05, 0) is 47.5 Å². The number of benzene rings is 2. The van der Waals surface area contributed by atoms with Gasteiger partial charge in [0.2, 0.25) is 0 Å². The van der Waals surface area contributed by atoms with E-state index in [9.17, 15) is 41.4 Å². The summed E-state index contributed by atoms with van der Waals surface area (Å²) < 4.78 is 78.8. The highest BCUT2D eigenvalue weighted by Gasteiger charge is 2.37. The second-order valence-electron chi connectivity index (χ2n) is 6.08. The molecule has 3 rings (SSSR count). The van der Waals surface area contributed by atoms with Crippen LogP contribution in [0.4, 0.5) is 26.3 Å². The summed E-state index contributed by atoms with van der Waals surface area (Å²) in [4.78, 5) is 11.8. The molecule has 4 nitrogen and oxygen atoms in total. The van der Waals surface area contributed by atoms with Gasteiger partial charge in [-0.2, -0.15) is 26.3 Å². The van der Waals surface area contributed by atoms with E-state index in [0.29, 0.717) is 12.1 Å². The van der Waals surface area contributed by atoms with E-state index in [0.717, 1.165) is 23.9 Å². The zero-order valence-corrected chi connectivity index (χ0v) is 16.0. The molecule has 0 unspecified atom stereocenters. The van der Waals surface area contributed by atoms with Gasteiger partial charge in [0.1, 0.15) is 4.32 Å². The number of phenolic OH excluding ortho intramolecular Hbond substituents is 2. The third-order valence-corrected chi connectivity index (χ3v) is 5.11. The highest BCUT2D eigenvalue weighted by molar-refractivity contribution is 8.26. The molecule has 1 fully saturated rings. The molecule has 30 heavy (non-hydrogen) atoms. The minimum Gasteiger partial charge on any atom is -0.504 e. The fourth-order valence-electron chi connectivity index (χ4n) is 2.63. The molecule has 2 aromatic rings. The Balaban J connectivity index is 2.20. The van der Waals surface area contributed by atoms with E-state index in [1.54, 1.807) is 0 Å². The predicted octanol–water partition coefficient (Wildman–Crippen LogP) is 5.29. The molecule has 12 heteroatoms. The van der Waals surface area contributed by atoms with Gasteiger partial charge in [-0.15, -0.1) is 0 Å². The Morgan fingerprint density at radius 3 is 1.97 bits per heavy atom. The van der Waals surface area contributed by atoms with Crippen LogP contribution >= 0.6 is 24.0 Å². The van der Waals surface area contributed by atoms with E-state index in [-0.39, 0.29) is 20.9 Å². The summed E-state index contributed by atoms with van der Waals surface area (Å²) in [6.07, 6.45) is -8.94. The summed E-state index contributed by atoms with van der Waals surface area (Å²) in [6, 6.07) is 2.85. The lowest BCUT2D eigenvalue weighted by Gasteiger charge is -2.15. The Morgan fingerprint density at radius 1 is 0.933 bits per heavy atom. The van der Waals surface area contributed by atoms with Gasteiger partial charge in [0.25, 0.3) is 5.91 Å². The number of alkyl halides is 6. The maximum Gasteiger partial charge on any atom is 0.416 e. The summed E-state index contributed by atoms with van der Waals surface area (Å²) >= 11 is 5.71. The van der Waals surface area contributed by atoms with E-state index in [4.69, 9.17) is 12.2 Å². The van der Waals surface area contributed by atoms with Gasteiger partial charge in [-0.1, -0.05) is 24.0 Å². The van der Waals surface area contributed by atoms with Crippen LogP contribution < -0.4 is 5.32 Å². The normalized spacial score (nSPS) is 16.3. The van der Waals surface area contributed by atoms with Crippen molar-refractivity contribution in [3.8, 4) is 22.6 Å². The highest BCUT2D eigenvalue weighted by Crippen LogP contribution is 2.43. The number of nitrogens with one attached hydrogen (secondary N) is 1. The maximum atomic E-state index is 13.1. The third kappa shape index (κ3) is 4.54.